The molecule has 3 rings (SSSR count). The average molecular weight is 537 g/mol. The number of alkyl halides is 3. The van der Waals surface area contributed by atoms with Crippen molar-refractivity contribution in [2.24, 2.45) is 4.99 Å². The third kappa shape index (κ3) is 5.00. The molecule has 0 N–H and O–H groups in total. The van der Waals surface area contributed by atoms with E-state index in [0.29, 0.717) is 5.44 Å². The highest BCUT2D eigenvalue weighted by molar-refractivity contribution is 7.99. The number of hydrogen-bond donors (Lipinski definition) is 0. The summed E-state index contributed by atoms with van der Waals surface area (Å²) in [5, 5.41) is 2.70. The van der Waals surface area contributed by atoms with Crippen LogP contribution in [0.1, 0.15) is 0 Å². The van der Waals surface area contributed by atoms with Crippen molar-refractivity contribution in [3.63, 3.8) is 0 Å². The molecule has 0 saturated carbocycles. The second-order valence-corrected chi connectivity index (χ2v) is 13.1. The molecule has 0 aliphatic carbocycles. The van der Waals surface area contributed by atoms with E-state index in [1.54, 1.807) is 0 Å². The van der Waals surface area contributed by atoms with Crippen LogP contribution < -0.4 is 15.9 Å². The summed E-state index contributed by atoms with van der Waals surface area (Å²) in [5.74, 6) is 0. The van der Waals surface area contributed by atoms with Crippen LogP contribution in [0, 0.1) is 0 Å². The van der Waals surface area contributed by atoms with E-state index in [1.165, 1.54) is 0 Å². The summed E-state index contributed by atoms with van der Waals surface area (Å²) in [7, 11) is -2.68. The van der Waals surface area contributed by atoms with Gasteiger partial charge in [-0.05, 0) is 36.4 Å². The molecule has 0 radical (unpaired) electrons. The first kappa shape index (κ1) is 23.9. The van der Waals surface area contributed by atoms with Gasteiger partial charge in [-0.1, -0.05) is 124 Å². The first-order valence-corrected chi connectivity index (χ1v) is 12.8. The van der Waals surface area contributed by atoms with E-state index in [-0.39, 0.29) is 9.66 Å². The molecule has 0 spiro atoms. The van der Waals surface area contributed by atoms with Gasteiger partial charge < -0.3 is 0 Å². The van der Waals surface area contributed by atoms with Crippen LogP contribution in [0.5, 0.6) is 0 Å². The Kier molecular flexibility index (Phi) is 8.15. The van der Waals surface area contributed by atoms with E-state index in [0.717, 1.165) is 15.9 Å². The Morgan fingerprint density at radius 2 is 0.933 bits per heavy atom. The van der Waals surface area contributed by atoms with Gasteiger partial charge >= 0.3 is 0 Å². The maximum Gasteiger partial charge on any atom is 0.243 e. The molecular weight excluding hydrogens is 522 g/mol. The quantitative estimate of drug-likeness (QED) is 0.181. The molecule has 0 bridgehead atoms. The molecule has 0 fully saturated rings. The van der Waals surface area contributed by atoms with Gasteiger partial charge in [-0.3, -0.25) is 0 Å². The first-order chi connectivity index (χ1) is 14.3. The lowest BCUT2D eigenvalue weighted by Crippen LogP contribution is -2.32. The lowest BCUT2D eigenvalue weighted by atomic mass is 10.4. The van der Waals surface area contributed by atoms with E-state index in [9.17, 15) is 0 Å². The minimum absolute atomic E-state index is 0.0488. The Labute approximate surface area is 206 Å². The zero-order valence-electron chi connectivity index (χ0n) is 15.3. The van der Waals surface area contributed by atoms with Gasteiger partial charge in [0.25, 0.3) is 0 Å². The normalized spacial score (nSPS) is 12.5. The molecular formula is C22H15Cl6NP+. The standard InChI is InChI=1S/C22H15Cl6NP/c23-19(24)20(29-21(25)22(26,27)28)30(16-10-4-1-5-11-16,17-12-6-2-7-13-17)18-14-8-3-9-15-18/h1-15H/q+1/b29-21-. The highest BCUT2D eigenvalue weighted by atomic mass is 35.6. The zero-order valence-corrected chi connectivity index (χ0v) is 20.8. The van der Waals surface area contributed by atoms with Crippen molar-refractivity contribution in [3.8, 4) is 0 Å². The number of halogens is 6. The summed E-state index contributed by atoms with van der Waals surface area (Å²) >= 11 is 37.2. The van der Waals surface area contributed by atoms with Crippen LogP contribution in [0.4, 0.5) is 0 Å². The van der Waals surface area contributed by atoms with Gasteiger partial charge in [-0.15, -0.1) is 0 Å². The van der Waals surface area contributed by atoms with Crippen LogP contribution in [0.25, 0.3) is 0 Å². The van der Waals surface area contributed by atoms with Crippen LogP contribution in [0.2, 0.25) is 0 Å². The molecule has 0 heterocycles. The Balaban J connectivity index is 2.50. The smallest absolute Gasteiger partial charge is 0.199 e. The van der Waals surface area contributed by atoms with Gasteiger partial charge in [0.2, 0.25) is 9.23 Å². The second-order valence-electron chi connectivity index (χ2n) is 6.16. The minimum Gasteiger partial charge on any atom is -0.199 e. The minimum atomic E-state index is -2.68. The lowest BCUT2D eigenvalue weighted by Gasteiger charge is -2.27. The molecule has 3 aromatic rings. The summed E-state index contributed by atoms with van der Waals surface area (Å²) in [6.07, 6.45) is 0. The van der Waals surface area contributed by atoms with Crippen LogP contribution in [-0.2, 0) is 0 Å². The van der Waals surface area contributed by atoms with Gasteiger partial charge in [0.15, 0.2) is 16.9 Å². The van der Waals surface area contributed by atoms with Crippen molar-refractivity contribution in [1.29, 1.82) is 0 Å². The van der Waals surface area contributed by atoms with Crippen molar-refractivity contribution in [1.82, 2.24) is 0 Å². The highest BCUT2D eigenvalue weighted by Gasteiger charge is 2.52. The molecule has 154 valence electrons. The van der Waals surface area contributed by atoms with Gasteiger partial charge in [0.05, 0.1) is 0 Å². The Bertz CT molecular complexity index is 947. The number of rotatable bonds is 5. The van der Waals surface area contributed by atoms with Crippen molar-refractivity contribution in [2.45, 2.75) is 3.79 Å². The van der Waals surface area contributed by atoms with Crippen molar-refractivity contribution >= 4 is 98.0 Å². The SMILES string of the molecule is ClC(Cl)=C(/N=C(\Cl)C(Cl)(Cl)Cl)[P+](c1ccccc1)(c1ccccc1)c1ccccc1. The van der Waals surface area contributed by atoms with Gasteiger partial charge in [-0.25, -0.2) is 0 Å². The summed E-state index contributed by atoms with van der Waals surface area (Å²) in [4.78, 5) is 4.50. The van der Waals surface area contributed by atoms with Crippen molar-refractivity contribution in [3.05, 3.63) is 101 Å². The summed E-state index contributed by atoms with van der Waals surface area (Å²) < 4.78 is -1.97. The average Bonchev–Trinajstić information content (AvgIpc) is 2.75. The van der Waals surface area contributed by atoms with E-state index < -0.39 is 11.1 Å². The molecule has 0 unspecified atom stereocenters. The third-order valence-electron chi connectivity index (χ3n) is 4.36. The predicted molar refractivity (Wildman–Crippen MR) is 137 cm³/mol. The van der Waals surface area contributed by atoms with Gasteiger partial charge in [0, 0.05) is 0 Å². The number of aliphatic imine (C=N–C) groups is 1. The van der Waals surface area contributed by atoms with Gasteiger partial charge in [0.1, 0.15) is 15.9 Å². The number of nitrogens with zero attached hydrogens (tertiary/aromatic N) is 1. The monoisotopic (exact) mass is 534 g/mol. The van der Waals surface area contributed by atoms with E-state index >= 15 is 0 Å². The fourth-order valence-electron chi connectivity index (χ4n) is 3.17. The maximum absolute atomic E-state index is 6.45. The van der Waals surface area contributed by atoms with E-state index in [2.05, 4.69) is 4.99 Å². The summed E-state index contributed by atoms with van der Waals surface area (Å²) in [6.45, 7) is 0. The van der Waals surface area contributed by atoms with Crippen LogP contribution in [0.3, 0.4) is 0 Å². The lowest BCUT2D eigenvalue weighted by molar-refractivity contribution is 1.45. The highest BCUT2D eigenvalue weighted by Crippen LogP contribution is 2.65. The van der Waals surface area contributed by atoms with E-state index in [1.807, 2.05) is 91.0 Å². The topological polar surface area (TPSA) is 12.4 Å². The Hall–Kier alpha value is -0.760. The molecule has 0 amide bonds. The molecule has 0 aromatic heterocycles. The molecule has 0 aliphatic rings. The number of benzene rings is 3. The molecule has 1 nitrogen and oxygen atoms in total. The third-order valence-corrected chi connectivity index (χ3v) is 10.3. The van der Waals surface area contributed by atoms with Crippen LogP contribution >= 0.6 is 76.9 Å². The molecule has 30 heavy (non-hydrogen) atoms. The number of hydrogen-bond acceptors (Lipinski definition) is 1. The molecule has 0 saturated heterocycles. The molecule has 3 aromatic carbocycles. The fourth-order valence-corrected chi connectivity index (χ4v) is 8.27. The zero-order chi connectivity index (χ0) is 21.8. The van der Waals surface area contributed by atoms with Gasteiger partial charge in [-0.2, -0.15) is 4.99 Å². The largest absolute Gasteiger partial charge is 0.243 e. The molecule has 0 atom stereocenters. The summed E-state index contributed by atoms with van der Waals surface area (Å²) in [5.41, 5.74) is 0.353. The van der Waals surface area contributed by atoms with Crippen LogP contribution in [-0.4, -0.2) is 8.96 Å². The predicted octanol–water partition coefficient (Wildman–Crippen LogP) is 7.59. The van der Waals surface area contributed by atoms with Crippen LogP contribution in [0.15, 0.2) is 106 Å². The first-order valence-electron chi connectivity index (χ1n) is 8.71. The summed E-state index contributed by atoms with van der Waals surface area (Å²) in [6, 6.07) is 29.7. The fraction of sp³-hybridized carbons (Fsp3) is 0.0455. The van der Waals surface area contributed by atoms with Crippen molar-refractivity contribution < 1.29 is 0 Å². The maximum atomic E-state index is 6.45. The second kappa shape index (κ2) is 10.2. The molecule has 8 heteroatoms. The Morgan fingerprint density at radius 1 is 0.600 bits per heavy atom. The molecule has 0 aliphatic heterocycles. The van der Waals surface area contributed by atoms with Crippen molar-refractivity contribution in [2.75, 3.05) is 0 Å². The Morgan fingerprint density at radius 3 is 1.20 bits per heavy atom. The van der Waals surface area contributed by atoms with E-state index in [4.69, 9.17) is 69.6 Å².